The number of alkyl carbamates (subject to hydrolysis) is 1. The van der Waals surface area contributed by atoms with Crippen LogP contribution in [0.3, 0.4) is 0 Å². The number of anilines is 1. The molecule has 2 aliphatic carbocycles. The average Bonchev–Trinajstić information content (AvgIpc) is 3.92. The maximum atomic E-state index is 14.1. The fourth-order valence-electron chi connectivity index (χ4n) is 5.75. The van der Waals surface area contributed by atoms with E-state index in [0.29, 0.717) is 31.4 Å². The van der Waals surface area contributed by atoms with E-state index in [9.17, 15) is 32.4 Å². The van der Waals surface area contributed by atoms with Gasteiger partial charge in [0.25, 0.3) is 5.91 Å². The minimum Gasteiger partial charge on any atom is -0.444 e. The second-order valence-corrected chi connectivity index (χ2v) is 15.5. The maximum absolute atomic E-state index is 14.1. The number of amides is 5. The van der Waals surface area contributed by atoms with Gasteiger partial charge in [0.15, 0.2) is 0 Å². The third-order valence-electron chi connectivity index (χ3n) is 8.41. The molecule has 2 heterocycles. The highest BCUT2D eigenvalue weighted by Gasteiger charge is 2.62. The molecule has 0 spiro atoms. The van der Waals surface area contributed by atoms with Crippen LogP contribution in [0.2, 0.25) is 0 Å². The third-order valence-corrected chi connectivity index (χ3v) is 10.2. The number of allylic oxidation sites excluding steroid dienone is 1. The average molecular weight is 690 g/mol. The van der Waals surface area contributed by atoms with Gasteiger partial charge in [0, 0.05) is 24.6 Å². The summed E-state index contributed by atoms with van der Waals surface area (Å²) >= 11 is 0. The Morgan fingerprint density at radius 2 is 1.81 bits per heavy atom. The number of carbonyl (C=O) groups excluding carboxylic acids is 5. The molecule has 4 N–H and O–H groups in total. The molecule has 1 aromatic rings. The molecule has 0 bridgehead atoms. The van der Waals surface area contributed by atoms with Gasteiger partial charge in [-0.3, -0.25) is 24.4 Å². The number of benzene rings is 1. The Balaban J connectivity index is 1.40. The molecule has 262 valence electrons. The van der Waals surface area contributed by atoms with Crippen molar-refractivity contribution in [2.75, 3.05) is 25.1 Å². The van der Waals surface area contributed by atoms with Crippen LogP contribution >= 0.6 is 0 Å². The van der Waals surface area contributed by atoms with Gasteiger partial charge in [0.2, 0.25) is 21.8 Å². The zero-order valence-corrected chi connectivity index (χ0v) is 28.0. The van der Waals surface area contributed by atoms with Crippen LogP contribution in [0, 0.1) is 5.92 Å². The number of hydrogen-bond donors (Lipinski definition) is 4. The summed E-state index contributed by atoms with van der Waals surface area (Å²) < 4.78 is 44.2. The van der Waals surface area contributed by atoms with Gasteiger partial charge in [0.1, 0.15) is 29.3 Å². The lowest BCUT2D eigenvalue weighted by Gasteiger charge is -2.30. The summed E-state index contributed by atoms with van der Waals surface area (Å²) in [4.78, 5) is 68.3. The van der Waals surface area contributed by atoms with Crippen LogP contribution in [0.5, 0.6) is 0 Å². The first-order valence-electron chi connectivity index (χ1n) is 16.1. The molecule has 0 radical (unpaired) electrons. The summed E-state index contributed by atoms with van der Waals surface area (Å²) in [6, 6.07) is 6.07. The van der Waals surface area contributed by atoms with Crippen molar-refractivity contribution in [3.05, 3.63) is 42.5 Å². The van der Waals surface area contributed by atoms with Crippen LogP contribution in [-0.2, 0) is 38.6 Å². The Hall–Kier alpha value is -4.18. The number of nitrogens with zero attached hydrogens (tertiary/aromatic N) is 1. The summed E-state index contributed by atoms with van der Waals surface area (Å²) in [7, 11) is -3.91. The molecular weight excluding hydrogens is 646 g/mol. The largest absolute Gasteiger partial charge is 0.444 e. The number of fused-ring (bicyclic) bond motifs is 2. The lowest BCUT2D eigenvalue weighted by molar-refractivity contribution is -0.142. The van der Waals surface area contributed by atoms with Crippen molar-refractivity contribution in [3.8, 4) is 0 Å². The second-order valence-electron chi connectivity index (χ2n) is 13.6. The Labute approximate surface area is 279 Å². The van der Waals surface area contributed by atoms with Gasteiger partial charge in [0.05, 0.1) is 18.4 Å². The Morgan fingerprint density at radius 3 is 2.50 bits per heavy atom. The van der Waals surface area contributed by atoms with Gasteiger partial charge >= 0.3 is 12.2 Å². The van der Waals surface area contributed by atoms with Crippen molar-refractivity contribution in [2.24, 2.45) is 5.92 Å². The topological polar surface area (TPSA) is 199 Å². The predicted molar refractivity (Wildman–Crippen MR) is 172 cm³/mol. The molecule has 2 aliphatic heterocycles. The van der Waals surface area contributed by atoms with E-state index in [1.807, 2.05) is 6.08 Å². The fraction of sp³-hybridized carbons (Fsp3) is 0.594. The lowest BCUT2D eigenvalue weighted by atomic mass is 10.1. The third kappa shape index (κ3) is 8.83. The number of carbonyl (C=O) groups is 5. The molecule has 15 nitrogen and oxygen atoms in total. The summed E-state index contributed by atoms with van der Waals surface area (Å²) in [6.07, 6.45) is 3.03. The van der Waals surface area contributed by atoms with Crippen molar-refractivity contribution < 1.29 is 46.6 Å². The van der Waals surface area contributed by atoms with Gasteiger partial charge in [-0.05, 0) is 65.0 Å². The van der Waals surface area contributed by atoms with E-state index < -0.39 is 80.4 Å². The van der Waals surface area contributed by atoms with Crippen molar-refractivity contribution in [1.29, 1.82) is 0 Å². The SMILES string of the molecule is CC(C)(C)OC(=O)N[C@H]1COCCCC=C[C@@H]2C[C@@]2(C(=O)NS(=O)(=O)C2CC2)NC(=O)[C@@H]2C[C@@H](OC(=O)Nc3ccccc3)CN2C1=O. The van der Waals surface area contributed by atoms with Crippen LogP contribution in [0.4, 0.5) is 15.3 Å². The zero-order chi connectivity index (χ0) is 34.7. The Morgan fingerprint density at radius 1 is 1.08 bits per heavy atom. The minimum atomic E-state index is -3.91. The van der Waals surface area contributed by atoms with E-state index in [1.165, 1.54) is 4.90 Å². The quantitative estimate of drug-likeness (QED) is 0.320. The van der Waals surface area contributed by atoms with E-state index in [0.717, 1.165) is 0 Å². The van der Waals surface area contributed by atoms with Crippen molar-refractivity contribution in [3.63, 3.8) is 0 Å². The highest BCUT2D eigenvalue weighted by molar-refractivity contribution is 7.91. The predicted octanol–water partition coefficient (Wildman–Crippen LogP) is 1.95. The number of sulfonamides is 1. The number of para-hydroxylation sites is 1. The van der Waals surface area contributed by atoms with Gasteiger partial charge in [-0.25, -0.2) is 18.0 Å². The smallest absolute Gasteiger partial charge is 0.411 e. The second kappa shape index (κ2) is 14.1. The van der Waals surface area contributed by atoms with Gasteiger partial charge < -0.3 is 29.7 Å². The molecule has 3 fully saturated rings. The number of rotatable bonds is 6. The number of nitrogens with one attached hydrogen (secondary N) is 4. The molecule has 5 rings (SSSR count). The van der Waals surface area contributed by atoms with Crippen LogP contribution in [0.15, 0.2) is 42.5 Å². The van der Waals surface area contributed by atoms with E-state index in [2.05, 4.69) is 20.7 Å². The van der Waals surface area contributed by atoms with Crippen molar-refractivity contribution in [2.45, 2.75) is 93.9 Å². The normalized spacial score (nSPS) is 28.0. The monoisotopic (exact) mass is 689 g/mol. The molecule has 1 aromatic carbocycles. The molecule has 4 aliphatic rings. The summed E-state index contributed by atoms with van der Waals surface area (Å²) in [5, 5.41) is 7.25. The van der Waals surface area contributed by atoms with Gasteiger partial charge in [-0.2, -0.15) is 0 Å². The lowest BCUT2D eigenvalue weighted by Crippen LogP contribution is -2.59. The molecule has 1 saturated heterocycles. The summed E-state index contributed by atoms with van der Waals surface area (Å²) in [5.41, 5.74) is -1.94. The minimum absolute atomic E-state index is 0.127. The molecular formula is C32H43N5O10S. The zero-order valence-electron chi connectivity index (χ0n) is 27.2. The standard InChI is InChI=1S/C32H43N5O10S/c1-31(2,3)47-30(42)34-24-19-45-15-9-5-6-10-20-17-32(20,28(40)36-48(43,44)23-13-14-23)35-26(38)25-16-22(18-37(25)27(24)39)46-29(41)33-21-11-7-4-8-12-21/h4,6-8,10-12,20,22-25H,5,9,13-19H2,1-3H3,(H,33,41)(H,34,42)(H,35,38)(H,36,40)/t20-,22-,24+,25+,32-/m1/s1. The fourth-order valence-corrected chi connectivity index (χ4v) is 7.12. The molecule has 0 aromatic heterocycles. The van der Waals surface area contributed by atoms with Gasteiger partial charge in [-0.15, -0.1) is 0 Å². The highest BCUT2D eigenvalue weighted by atomic mass is 32.2. The molecule has 5 atom stereocenters. The van der Waals surface area contributed by atoms with Crippen LogP contribution in [0.25, 0.3) is 0 Å². The number of ether oxygens (including phenoxy) is 3. The Kier molecular flexibility index (Phi) is 10.3. The van der Waals surface area contributed by atoms with Crippen LogP contribution < -0.4 is 20.7 Å². The molecule has 0 unspecified atom stereocenters. The molecule has 2 saturated carbocycles. The first kappa shape index (κ1) is 35.1. The molecule has 16 heteroatoms. The highest BCUT2D eigenvalue weighted by Crippen LogP contribution is 2.46. The first-order chi connectivity index (χ1) is 22.7. The summed E-state index contributed by atoms with van der Waals surface area (Å²) in [6.45, 7) is 4.83. The van der Waals surface area contributed by atoms with E-state index >= 15 is 0 Å². The van der Waals surface area contributed by atoms with E-state index in [1.54, 1.807) is 57.2 Å². The Bertz CT molecular complexity index is 1540. The summed E-state index contributed by atoms with van der Waals surface area (Å²) in [5.74, 6) is -2.76. The molecule has 48 heavy (non-hydrogen) atoms. The van der Waals surface area contributed by atoms with Crippen LogP contribution in [-0.4, -0.2) is 97.6 Å². The maximum Gasteiger partial charge on any atom is 0.411 e. The van der Waals surface area contributed by atoms with Crippen molar-refractivity contribution in [1.82, 2.24) is 20.3 Å². The van der Waals surface area contributed by atoms with Gasteiger partial charge in [-0.1, -0.05) is 30.4 Å². The van der Waals surface area contributed by atoms with Crippen molar-refractivity contribution >= 4 is 45.6 Å². The molecule has 5 amide bonds. The van der Waals surface area contributed by atoms with E-state index in [4.69, 9.17) is 14.2 Å². The number of hydrogen-bond acceptors (Lipinski definition) is 10. The first-order valence-corrected chi connectivity index (χ1v) is 17.7. The van der Waals surface area contributed by atoms with E-state index in [-0.39, 0.29) is 32.6 Å². The van der Waals surface area contributed by atoms with Crippen LogP contribution in [0.1, 0.15) is 59.3 Å².